The molecule has 0 amide bonds. The third-order valence-electron chi connectivity index (χ3n) is 5.57. The minimum absolute atomic E-state index is 0.171. The largest absolute Gasteiger partial charge is 0.249 e. The highest BCUT2D eigenvalue weighted by Gasteiger charge is 2.63. The van der Waals surface area contributed by atoms with Gasteiger partial charge in [0.2, 0.25) is 0 Å². The van der Waals surface area contributed by atoms with Crippen molar-refractivity contribution in [2.75, 3.05) is 5.33 Å². The molecule has 2 aliphatic rings. The standard InChI is InChI=1S/C16H17BrN2/c1-15(2)10-7-8-16(15,9-17)14-13(10)18-11-5-3-4-6-12(11)19-14/h3-6,10H,7-9H2,1-2H3/t10-,16-/m1/s1. The van der Waals surface area contributed by atoms with Gasteiger partial charge in [0.1, 0.15) is 0 Å². The number of aromatic nitrogens is 2. The molecular formula is C16H17BrN2. The molecule has 0 saturated heterocycles. The smallest absolute Gasteiger partial charge is 0.0890 e. The van der Waals surface area contributed by atoms with Crippen molar-refractivity contribution >= 4 is 27.0 Å². The van der Waals surface area contributed by atoms with E-state index >= 15 is 0 Å². The van der Waals surface area contributed by atoms with E-state index in [2.05, 4.69) is 41.9 Å². The maximum Gasteiger partial charge on any atom is 0.0890 e. The first kappa shape index (κ1) is 11.8. The van der Waals surface area contributed by atoms with Crippen molar-refractivity contribution in [1.82, 2.24) is 9.97 Å². The predicted molar refractivity (Wildman–Crippen MR) is 80.8 cm³/mol. The van der Waals surface area contributed by atoms with Gasteiger partial charge in [-0.1, -0.05) is 41.9 Å². The summed E-state index contributed by atoms with van der Waals surface area (Å²) in [6.45, 7) is 4.78. The maximum atomic E-state index is 4.98. The Morgan fingerprint density at radius 1 is 1.21 bits per heavy atom. The Bertz CT molecular complexity index is 680. The molecule has 98 valence electrons. The average molecular weight is 317 g/mol. The summed E-state index contributed by atoms with van der Waals surface area (Å²) in [7, 11) is 0. The predicted octanol–water partition coefficient (Wildman–Crippen LogP) is 4.18. The molecule has 2 bridgehead atoms. The molecule has 19 heavy (non-hydrogen) atoms. The summed E-state index contributed by atoms with van der Waals surface area (Å²) >= 11 is 3.76. The highest BCUT2D eigenvalue weighted by atomic mass is 79.9. The molecule has 0 radical (unpaired) electrons. The molecule has 0 aliphatic heterocycles. The van der Waals surface area contributed by atoms with Gasteiger partial charge >= 0.3 is 0 Å². The van der Waals surface area contributed by atoms with Crippen LogP contribution in [-0.4, -0.2) is 15.3 Å². The second-order valence-electron chi connectivity index (χ2n) is 6.47. The van der Waals surface area contributed by atoms with Crippen LogP contribution in [-0.2, 0) is 5.41 Å². The molecule has 0 N–H and O–H groups in total. The van der Waals surface area contributed by atoms with Gasteiger partial charge in [-0.15, -0.1) is 0 Å². The lowest BCUT2D eigenvalue weighted by Crippen LogP contribution is -2.37. The zero-order valence-corrected chi connectivity index (χ0v) is 12.9. The molecule has 0 unspecified atom stereocenters. The summed E-state index contributed by atoms with van der Waals surface area (Å²) in [4.78, 5) is 9.93. The highest BCUT2D eigenvalue weighted by molar-refractivity contribution is 9.09. The Kier molecular flexibility index (Phi) is 2.22. The van der Waals surface area contributed by atoms with Crippen molar-refractivity contribution in [2.24, 2.45) is 5.41 Å². The summed E-state index contributed by atoms with van der Waals surface area (Å²) in [5, 5.41) is 0.990. The quantitative estimate of drug-likeness (QED) is 0.738. The van der Waals surface area contributed by atoms with E-state index in [1.54, 1.807) is 0 Å². The first-order valence-corrected chi connectivity index (χ1v) is 8.05. The van der Waals surface area contributed by atoms with Crippen LogP contribution in [0, 0.1) is 5.41 Å². The highest BCUT2D eigenvalue weighted by Crippen LogP contribution is 2.67. The third-order valence-corrected chi connectivity index (χ3v) is 6.53. The fraction of sp³-hybridized carbons (Fsp3) is 0.500. The minimum Gasteiger partial charge on any atom is -0.249 e. The number of halogens is 1. The summed E-state index contributed by atoms with van der Waals surface area (Å²) < 4.78 is 0. The van der Waals surface area contributed by atoms with Crippen molar-refractivity contribution in [3.8, 4) is 0 Å². The second kappa shape index (κ2) is 3.57. The van der Waals surface area contributed by atoms with Gasteiger partial charge in [0.25, 0.3) is 0 Å². The van der Waals surface area contributed by atoms with E-state index in [9.17, 15) is 0 Å². The molecule has 2 aromatic rings. The molecule has 1 saturated carbocycles. The molecule has 1 aromatic carbocycles. The van der Waals surface area contributed by atoms with Crippen LogP contribution in [0.3, 0.4) is 0 Å². The Balaban J connectivity index is 2.07. The van der Waals surface area contributed by atoms with Crippen molar-refractivity contribution in [1.29, 1.82) is 0 Å². The molecule has 2 aliphatic carbocycles. The molecule has 1 heterocycles. The lowest BCUT2D eigenvalue weighted by molar-refractivity contribution is 0.233. The number of nitrogens with zero attached hydrogens (tertiary/aromatic N) is 2. The minimum atomic E-state index is 0.171. The van der Waals surface area contributed by atoms with Gasteiger partial charge in [-0.2, -0.15) is 0 Å². The Morgan fingerprint density at radius 2 is 1.89 bits per heavy atom. The monoisotopic (exact) mass is 316 g/mol. The topological polar surface area (TPSA) is 25.8 Å². The zero-order chi connectivity index (χ0) is 13.3. The van der Waals surface area contributed by atoms with Gasteiger partial charge in [-0.3, -0.25) is 0 Å². The number of alkyl halides is 1. The van der Waals surface area contributed by atoms with E-state index in [1.807, 2.05) is 12.1 Å². The summed E-state index contributed by atoms with van der Waals surface area (Å²) in [6.07, 6.45) is 2.48. The molecule has 1 fully saturated rings. The van der Waals surface area contributed by atoms with E-state index in [0.717, 1.165) is 16.4 Å². The molecule has 1 aromatic heterocycles. The van der Waals surface area contributed by atoms with E-state index in [-0.39, 0.29) is 10.8 Å². The molecule has 0 spiro atoms. The van der Waals surface area contributed by atoms with Crippen molar-refractivity contribution < 1.29 is 0 Å². The SMILES string of the molecule is CC1(C)[C@@H]2CC[C@@]1(CBr)c1nc3ccccc3nc12. The fourth-order valence-corrected chi connectivity index (χ4v) is 5.49. The van der Waals surface area contributed by atoms with Crippen LogP contribution in [0.2, 0.25) is 0 Å². The summed E-state index contributed by atoms with van der Waals surface area (Å²) in [5.41, 5.74) is 5.01. The van der Waals surface area contributed by atoms with Crippen LogP contribution in [0.25, 0.3) is 11.0 Å². The van der Waals surface area contributed by atoms with E-state index < -0.39 is 0 Å². The van der Waals surface area contributed by atoms with E-state index in [1.165, 1.54) is 24.2 Å². The molecule has 3 heteroatoms. The van der Waals surface area contributed by atoms with E-state index in [0.29, 0.717) is 5.92 Å². The first-order valence-electron chi connectivity index (χ1n) is 6.93. The number of rotatable bonds is 1. The van der Waals surface area contributed by atoms with Crippen LogP contribution >= 0.6 is 15.9 Å². The number of fused-ring (bicyclic) bond motifs is 6. The van der Waals surface area contributed by atoms with Gasteiger partial charge in [-0.05, 0) is 30.4 Å². The van der Waals surface area contributed by atoms with Crippen LogP contribution in [0.15, 0.2) is 24.3 Å². The van der Waals surface area contributed by atoms with Crippen LogP contribution in [0.1, 0.15) is 44.0 Å². The average Bonchev–Trinajstić information content (AvgIpc) is 2.78. The Hall–Kier alpha value is -0.960. The van der Waals surface area contributed by atoms with Crippen molar-refractivity contribution in [3.63, 3.8) is 0 Å². The lowest BCUT2D eigenvalue weighted by atomic mass is 9.70. The number of hydrogen-bond donors (Lipinski definition) is 0. The number of benzene rings is 1. The molecule has 2 nitrogen and oxygen atoms in total. The molecule has 2 atom stereocenters. The molecule has 4 rings (SSSR count). The fourth-order valence-electron chi connectivity index (χ4n) is 4.22. The summed E-state index contributed by atoms with van der Waals surface area (Å²) in [5.74, 6) is 0.567. The maximum absolute atomic E-state index is 4.98. The van der Waals surface area contributed by atoms with Crippen LogP contribution in [0.4, 0.5) is 0 Å². The summed E-state index contributed by atoms with van der Waals surface area (Å²) in [6, 6.07) is 8.23. The Labute approximate surface area is 121 Å². The van der Waals surface area contributed by atoms with Gasteiger partial charge < -0.3 is 0 Å². The third kappa shape index (κ3) is 1.23. The second-order valence-corrected chi connectivity index (χ2v) is 7.04. The van der Waals surface area contributed by atoms with Crippen molar-refractivity contribution in [3.05, 3.63) is 35.7 Å². The van der Waals surface area contributed by atoms with Gasteiger partial charge in [0.15, 0.2) is 0 Å². The Morgan fingerprint density at radius 3 is 2.58 bits per heavy atom. The van der Waals surface area contributed by atoms with E-state index in [4.69, 9.17) is 9.97 Å². The van der Waals surface area contributed by atoms with Crippen molar-refractivity contribution in [2.45, 2.75) is 38.0 Å². The number of para-hydroxylation sites is 2. The lowest BCUT2D eigenvalue weighted by Gasteiger charge is -2.36. The normalized spacial score (nSPS) is 30.8. The first-order chi connectivity index (χ1) is 9.10. The van der Waals surface area contributed by atoms with Gasteiger partial charge in [0, 0.05) is 16.7 Å². The molecular weight excluding hydrogens is 300 g/mol. The van der Waals surface area contributed by atoms with Crippen LogP contribution < -0.4 is 0 Å². The van der Waals surface area contributed by atoms with Gasteiger partial charge in [-0.25, -0.2) is 9.97 Å². The number of hydrogen-bond acceptors (Lipinski definition) is 2. The van der Waals surface area contributed by atoms with Crippen LogP contribution in [0.5, 0.6) is 0 Å². The zero-order valence-electron chi connectivity index (χ0n) is 11.3. The van der Waals surface area contributed by atoms with Gasteiger partial charge in [0.05, 0.1) is 22.4 Å².